The van der Waals surface area contributed by atoms with Gasteiger partial charge >= 0.3 is 0 Å². The number of benzene rings is 1. The average molecular weight is 281 g/mol. The summed E-state index contributed by atoms with van der Waals surface area (Å²) in [6.07, 6.45) is 1.82. The second kappa shape index (κ2) is 5.51. The number of halogens is 1. The molecule has 0 saturated heterocycles. The Morgan fingerprint density at radius 1 is 1.47 bits per heavy atom. The fourth-order valence-electron chi connectivity index (χ4n) is 2.15. The minimum Gasteiger partial charge on any atom is -0.354 e. The zero-order valence-corrected chi connectivity index (χ0v) is 12.5. The van der Waals surface area contributed by atoms with E-state index in [0.717, 1.165) is 18.4 Å². The van der Waals surface area contributed by atoms with Crippen molar-refractivity contribution >= 4 is 17.5 Å². The molecule has 3 nitrogen and oxygen atoms in total. The minimum absolute atomic E-state index is 0.128. The van der Waals surface area contributed by atoms with Crippen molar-refractivity contribution in [2.24, 2.45) is 0 Å². The second-order valence-corrected chi connectivity index (χ2v) is 6.05. The SMILES string of the molecule is C[C@H](CNC(=O)C1(c2cccc(Cl)c2)CC1)N(C)C. The first-order valence-corrected chi connectivity index (χ1v) is 7.04. The monoisotopic (exact) mass is 280 g/mol. The van der Waals surface area contributed by atoms with Crippen LogP contribution in [0.5, 0.6) is 0 Å². The molecule has 1 N–H and O–H groups in total. The fraction of sp³-hybridized carbons (Fsp3) is 0.533. The first kappa shape index (κ1) is 14.4. The summed E-state index contributed by atoms with van der Waals surface area (Å²) < 4.78 is 0. The molecule has 0 aliphatic heterocycles. The molecule has 0 aromatic heterocycles. The van der Waals surface area contributed by atoms with Gasteiger partial charge in [0.2, 0.25) is 5.91 Å². The first-order chi connectivity index (χ1) is 8.95. The lowest BCUT2D eigenvalue weighted by atomic mass is 9.95. The second-order valence-electron chi connectivity index (χ2n) is 5.62. The molecule has 0 spiro atoms. The van der Waals surface area contributed by atoms with E-state index in [1.807, 2.05) is 38.4 Å². The number of carbonyl (C=O) groups is 1. The van der Waals surface area contributed by atoms with Gasteiger partial charge in [0.15, 0.2) is 0 Å². The number of rotatable bonds is 5. The number of likely N-dealkylation sites (N-methyl/N-ethyl adjacent to an activating group) is 1. The third kappa shape index (κ3) is 3.10. The maximum absolute atomic E-state index is 12.4. The summed E-state index contributed by atoms with van der Waals surface area (Å²) in [5, 5.41) is 3.75. The zero-order chi connectivity index (χ0) is 14.0. The highest BCUT2D eigenvalue weighted by atomic mass is 35.5. The number of hydrogen-bond acceptors (Lipinski definition) is 2. The van der Waals surface area contributed by atoms with E-state index in [9.17, 15) is 4.79 Å². The van der Waals surface area contributed by atoms with Gasteiger partial charge in [-0.2, -0.15) is 0 Å². The van der Waals surface area contributed by atoms with Gasteiger partial charge in [-0.3, -0.25) is 4.79 Å². The van der Waals surface area contributed by atoms with Crippen LogP contribution in [-0.2, 0) is 10.2 Å². The van der Waals surface area contributed by atoms with Crippen LogP contribution in [0.25, 0.3) is 0 Å². The molecule has 1 amide bonds. The number of hydrogen-bond donors (Lipinski definition) is 1. The van der Waals surface area contributed by atoms with Gasteiger partial charge in [0.05, 0.1) is 5.41 Å². The van der Waals surface area contributed by atoms with Gasteiger partial charge in [0, 0.05) is 17.6 Å². The Kier molecular flexibility index (Phi) is 4.16. The molecule has 1 aliphatic rings. The number of nitrogens with one attached hydrogen (secondary N) is 1. The van der Waals surface area contributed by atoms with Gasteiger partial charge in [-0.05, 0) is 51.6 Å². The molecule has 1 aromatic rings. The zero-order valence-electron chi connectivity index (χ0n) is 11.7. The van der Waals surface area contributed by atoms with Crippen LogP contribution in [0.2, 0.25) is 5.02 Å². The predicted octanol–water partition coefficient (Wildman–Crippen LogP) is 2.44. The largest absolute Gasteiger partial charge is 0.354 e. The van der Waals surface area contributed by atoms with E-state index in [-0.39, 0.29) is 11.3 Å². The summed E-state index contributed by atoms with van der Waals surface area (Å²) in [6.45, 7) is 2.77. The predicted molar refractivity (Wildman–Crippen MR) is 78.5 cm³/mol. The lowest BCUT2D eigenvalue weighted by Gasteiger charge is -2.22. The summed E-state index contributed by atoms with van der Waals surface area (Å²) in [5.41, 5.74) is 0.701. The van der Waals surface area contributed by atoms with Crippen molar-refractivity contribution < 1.29 is 4.79 Å². The molecule has 1 saturated carbocycles. The average Bonchev–Trinajstić information content (AvgIpc) is 3.16. The molecule has 1 fully saturated rings. The lowest BCUT2D eigenvalue weighted by Crippen LogP contribution is -2.42. The van der Waals surface area contributed by atoms with E-state index < -0.39 is 0 Å². The van der Waals surface area contributed by atoms with Gasteiger partial charge in [0.1, 0.15) is 0 Å². The van der Waals surface area contributed by atoms with Crippen LogP contribution in [0.4, 0.5) is 0 Å². The Hall–Kier alpha value is -1.06. The van der Waals surface area contributed by atoms with Crippen LogP contribution in [-0.4, -0.2) is 37.5 Å². The standard InChI is InChI=1S/C15H21ClN2O/c1-11(18(2)3)10-17-14(19)15(7-8-15)12-5-4-6-13(16)9-12/h4-6,9,11H,7-8,10H2,1-3H3,(H,17,19)/t11-/m1/s1. The van der Waals surface area contributed by atoms with Gasteiger partial charge in [-0.15, -0.1) is 0 Å². The molecule has 0 unspecified atom stereocenters. The van der Waals surface area contributed by atoms with E-state index in [2.05, 4.69) is 17.1 Å². The molecule has 1 atom stereocenters. The van der Waals surface area contributed by atoms with Crippen LogP contribution in [0.15, 0.2) is 24.3 Å². The Labute approximate surface area is 119 Å². The van der Waals surface area contributed by atoms with E-state index >= 15 is 0 Å². The molecular formula is C15H21ClN2O. The van der Waals surface area contributed by atoms with Crippen LogP contribution in [0, 0.1) is 0 Å². The Morgan fingerprint density at radius 2 is 2.16 bits per heavy atom. The molecule has 1 aromatic carbocycles. The topological polar surface area (TPSA) is 32.3 Å². The maximum atomic E-state index is 12.4. The van der Waals surface area contributed by atoms with Gasteiger partial charge < -0.3 is 10.2 Å². The summed E-state index contributed by atoms with van der Waals surface area (Å²) >= 11 is 6.01. The van der Waals surface area contributed by atoms with E-state index in [1.54, 1.807) is 0 Å². The van der Waals surface area contributed by atoms with Crippen molar-refractivity contribution in [2.75, 3.05) is 20.6 Å². The van der Waals surface area contributed by atoms with Crippen LogP contribution >= 0.6 is 11.6 Å². The number of nitrogens with zero attached hydrogens (tertiary/aromatic N) is 1. The van der Waals surface area contributed by atoms with E-state index in [1.165, 1.54) is 0 Å². The van der Waals surface area contributed by atoms with Crippen molar-refractivity contribution in [3.63, 3.8) is 0 Å². The smallest absolute Gasteiger partial charge is 0.230 e. The fourth-order valence-corrected chi connectivity index (χ4v) is 2.34. The Morgan fingerprint density at radius 3 is 2.68 bits per heavy atom. The number of amides is 1. The molecule has 0 heterocycles. The Balaban J connectivity index is 2.03. The minimum atomic E-state index is -0.336. The van der Waals surface area contributed by atoms with Crippen molar-refractivity contribution in [3.05, 3.63) is 34.9 Å². The van der Waals surface area contributed by atoms with Gasteiger partial charge in [-0.25, -0.2) is 0 Å². The van der Waals surface area contributed by atoms with Gasteiger partial charge in [-0.1, -0.05) is 23.7 Å². The highest BCUT2D eigenvalue weighted by molar-refractivity contribution is 6.30. The van der Waals surface area contributed by atoms with Crippen molar-refractivity contribution in [1.29, 1.82) is 0 Å². The summed E-state index contributed by atoms with van der Waals surface area (Å²) in [7, 11) is 4.03. The summed E-state index contributed by atoms with van der Waals surface area (Å²) in [5.74, 6) is 0.128. The highest BCUT2D eigenvalue weighted by Crippen LogP contribution is 2.48. The lowest BCUT2D eigenvalue weighted by molar-refractivity contribution is -0.123. The molecule has 104 valence electrons. The highest BCUT2D eigenvalue weighted by Gasteiger charge is 2.51. The normalized spacial score (nSPS) is 18.2. The van der Waals surface area contributed by atoms with Crippen molar-refractivity contribution in [2.45, 2.75) is 31.2 Å². The molecule has 4 heteroatoms. The first-order valence-electron chi connectivity index (χ1n) is 6.66. The third-order valence-electron chi connectivity index (χ3n) is 4.00. The quantitative estimate of drug-likeness (QED) is 0.898. The summed E-state index contributed by atoms with van der Waals surface area (Å²) in [6, 6.07) is 7.98. The third-order valence-corrected chi connectivity index (χ3v) is 4.24. The molecule has 19 heavy (non-hydrogen) atoms. The van der Waals surface area contributed by atoms with Gasteiger partial charge in [0.25, 0.3) is 0 Å². The summed E-state index contributed by atoms with van der Waals surface area (Å²) in [4.78, 5) is 14.5. The van der Waals surface area contributed by atoms with Crippen molar-refractivity contribution in [1.82, 2.24) is 10.2 Å². The Bertz CT molecular complexity index is 469. The van der Waals surface area contributed by atoms with Crippen LogP contribution in [0.1, 0.15) is 25.3 Å². The van der Waals surface area contributed by atoms with Crippen LogP contribution in [0.3, 0.4) is 0 Å². The number of carbonyl (C=O) groups excluding carboxylic acids is 1. The maximum Gasteiger partial charge on any atom is 0.230 e. The molecule has 2 rings (SSSR count). The molecule has 1 aliphatic carbocycles. The van der Waals surface area contributed by atoms with E-state index in [4.69, 9.17) is 11.6 Å². The van der Waals surface area contributed by atoms with Crippen LogP contribution < -0.4 is 5.32 Å². The molecule has 0 bridgehead atoms. The molecular weight excluding hydrogens is 260 g/mol. The molecule has 0 radical (unpaired) electrons. The van der Waals surface area contributed by atoms with E-state index in [0.29, 0.717) is 17.6 Å². The van der Waals surface area contributed by atoms with Crippen molar-refractivity contribution in [3.8, 4) is 0 Å².